The van der Waals surface area contributed by atoms with Gasteiger partial charge in [-0.2, -0.15) is 0 Å². The van der Waals surface area contributed by atoms with Crippen LogP contribution in [0.4, 0.5) is 4.39 Å². The van der Waals surface area contributed by atoms with E-state index in [0.29, 0.717) is 25.0 Å². The Hall–Kier alpha value is -1.98. The second-order valence-corrected chi connectivity index (χ2v) is 7.05. The van der Waals surface area contributed by atoms with E-state index in [0.717, 1.165) is 30.1 Å². The van der Waals surface area contributed by atoms with Crippen LogP contribution < -0.4 is 4.74 Å². The fourth-order valence-electron chi connectivity index (χ4n) is 4.18. The van der Waals surface area contributed by atoms with Crippen molar-refractivity contribution < 1.29 is 13.9 Å². The Kier molecular flexibility index (Phi) is 4.44. The summed E-state index contributed by atoms with van der Waals surface area (Å²) in [6.07, 6.45) is 1.93. The molecule has 0 saturated carbocycles. The summed E-state index contributed by atoms with van der Waals surface area (Å²) in [5.41, 5.74) is 3.14. The fourth-order valence-corrected chi connectivity index (χ4v) is 4.18. The van der Waals surface area contributed by atoms with Crippen molar-refractivity contribution in [2.75, 3.05) is 26.9 Å². The number of aryl methyl sites for hydroxylation is 1. The van der Waals surface area contributed by atoms with Crippen LogP contribution in [0.1, 0.15) is 22.9 Å². The first kappa shape index (κ1) is 16.5. The molecule has 3 atom stereocenters. The maximum atomic E-state index is 13.9. The monoisotopic (exact) mass is 342 g/mol. The van der Waals surface area contributed by atoms with Gasteiger partial charge in [-0.3, -0.25) is 9.88 Å². The Morgan fingerprint density at radius 1 is 1.32 bits per heavy atom. The van der Waals surface area contributed by atoms with E-state index in [9.17, 15) is 4.39 Å². The number of benzene rings is 1. The number of fused-ring (bicyclic) bond motifs is 3. The molecule has 5 heteroatoms. The minimum atomic E-state index is -0.213. The van der Waals surface area contributed by atoms with Gasteiger partial charge in [0.1, 0.15) is 11.6 Å². The summed E-state index contributed by atoms with van der Waals surface area (Å²) in [5, 5.41) is 0. The third kappa shape index (κ3) is 3.14. The second kappa shape index (κ2) is 6.73. The van der Waals surface area contributed by atoms with Gasteiger partial charge < -0.3 is 9.47 Å². The standard InChI is InChI=1S/C20H23FN2O2/c1-13-3-4-14(8-22-13)9-23-10-15(11-24-2)18-12-25-19-6-5-16(21)7-17(19)20(18)23/h3-8,15,18,20H,9-12H2,1-2H3/t15-,18-,20-/m0/s1. The summed E-state index contributed by atoms with van der Waals surface area (Å²) in [4.78, 5) is 6.82. The van der Waals surface area contributed by atoms with E-state index in [1.165, 1.54) is 11.6 Å². The predicted octanol–water partition coefficient (Wildman–Crippen LogP) is 3.36. The molecule has 0 aliphatic carbocycles. The van der Waals surface area contributed by atoms with E-state index in [4.69, 9.17) is 9.47 Å². The molecule has 1 saturated heterocycles. The summed E-state index contributed by atoms with van der Waals surface area (Å²) in [6.45, 7) is 5.04. The molecule has 1 aromatic carbocycles. The molecule has 1 aromatic heterocycles. The SMILES string of the molecule is COC[C@@H]1CN(Cc2ccc(C)nc2)[C@H]2c3cc(F)ccc3OC[C@@H]12. The van der Waals surface area contributed by atoms with Crippen molar-refractivity contribution in [3.63, 3.8) is 0 Å². The zero-order valence-electron chi connectivity index (χ0n) is 14.6. The van der Waals surface area contributed by atoms with Crippen molar-refractivity contribution >= 4 is 0 Å². The van der Waals surface area contributed by atoms with Crippen molar-refractivity contribution in [2.45, 2.75) is 19.5 Å². The van der Waals surface area contributed by atoms with Crippen LogP contribution >= 0.6 is 0 Å². The maximum absolute atomic E-state index is 13.9. The van der Waals surface area contributed by atoms with E-state index in [1.54, 1.807) is 19.2 Å². The number of ether oxygens (including phenoxy) is 2. The smallest absolute Gasteiger partial charge is 0.124 e. The summed E-state index contributed by atoms with van der Waals surface area (Å²) in [7, 11) is 1.73. The highest BCUT2D eigenvalue weighted by atomic mass is 19.1. The highest BCUT2D eigenvalue weighted by molar-refractivity contribution is 5.39. The topological polar surface area (TPSA) is 34.6 Å². The number of hydrogen-bond acceptors (Lipinski definition) is 4. The lowest BCUT2D eigenvalue weighted by atomic mass is 9.85. The molecular weight excluding hydrogens is 319 g/mol. The largest absolute Gasteiger partial charge is 0.493 e. The normalized spacial score (nSPS) is 25.3. The molecular formula is C20H23FN2O2. The second-order valence-electron chi connectivity index (χ2n) is 7.05. The lowest BCUT2D eigenvalue weighted by Crippen LogP contribution is -2.32. The molecule has 0 bridgehead atoms. The van der Waals surface area contributed by atoms with Crippen molar-refractivity contribution in [2.24, 2.45) is 11.8 Å². The van der Waals surface area contributed by atoms with E-state index >= 15 is 0 Å². The summed E-state index contributed by atoms with van der Waals surface area (Å²) >= 11 is 0. The molecule has 132 valence electrons. The van der Waals surface area contributed by atoms with Gasteiger partial charge >= 0.3 is 0 Å². The molecule has 1 fully saturated rings. The van der Waals surface area contributed by atoms with Gasteiger partial charge in [0, 0.05) is 55.5 Å². The molecule has 0 amide bonds. The van der Waals surface area contributed by atoms with E-state index < -0.39 is 0 Å². The maximum Gasteiger partial charge on any atom is 0.124 e. The first-order valence-electron chi connectivity index (χ1n) is 8.72. The van der Waals surface area contributed by atoms with Gasteiger partial charge in [0.2, 0.25) is 0 Å². The van der Waals surface area contributed by atoms with Crippen LogP contribution in [0.15, 0.2) is 36.5 Å². The Bertz CT molecular complexity index is 750. The van der Waals surface area contributed by atoms with Crippen LogP contribution in [0.5, 0.6) is 5.75 Å². The lowest BCUT2D eigenvalue weighted by Gasteiger charge is -2.34. The first-order chi connectivity index (χ1) is 12.2. The van der Waals surface area contributed by atoms with Gasteiger partial charge in [-0.15, -0.1) is 0 Å². The molecule has 25 heavy (non-hydrogen) atoms. The third-order valence-electron chi connectivity index (χ3n) is 5.33. The summed E-state index contributed by atoms with van der Waals surface area (Å²) in [5.74, 6) is 1.28. The van der Waals surface area contributed by atoms with Crippen molar-refractivity contribution in [3.05, 3.63) is 59.2 Å². The Labute approximate surface area is 147 Å². The molecule has 4 rings (SSSR count). The molecule has 0 radical (unpaired) electrons. The minimum absolute atomic E-state index is 0.154. The predicted molar refractivity (Wildman–Crippen MR) is 92.9 cm³/mol. The minimum Gasteiger partial charge on any atom is -0.493 e. The highest BCUT2D eigenvalue weighted by Crippen LogP contribution is 2.48. The van der Waals surface area contributed by atoms with Crippen LogP contribution in [0.2, 0.25) is 0 Å². The van der Waals surface area contributed by atoms with Crippen molar-refractivity contribution in [3.8, 4) is 5.75 Å². The number of hydrogen-bond donors (Lipinski definition) is 0. The van der Waals surface area contributed by atoms with Crippen molar-refractivity contribution in [1.29, 1.82) is 0 Å². The average molecular weight is 342 g/mol. The van der Waals surface area contributed by atoms with Gasteiger partial charge in [0.05, 0.1) is 13.2 Å². The Morgan fingerprint density at radius 3 is 2.96 bits per heavy atom. The van der Waals surface area contributed by atoms with Gasteiger partial charge in [-0.1, -0.05) is 6.07 Å². The zero-order chi connectivity index (χ0) is 17.4. The van der Waals surface area contributed by atoms with Gasteiger partial charge in [0.15, 0.2) is 0 Å². The number of halogens is 1. The van der Waals surface area contributed by atoms with Crippen LogP contribution in [0.25, 0.3) is 0 Å². The molecule has 4 nitrogen and oxygen atoms in total. The fraction of sp³-hybridized carbons (Fsp3) is 0.450. The number of likely N-dealkylation sites (tertiary alicyclic amines) is 1. The number of methoxy groups -OCH3 is 1. The number of nitrogens with zero attached hydrogens (tertiary/aromatic N) is 2. The number of aromatic nitrogens is 1. The molecule has 0 N–H and O–H groups in total. The average Bonchev–Trinajstić information content (AvgIpc) is 2.95. The molecule has 2 aliphatic rings. The molecule has 3 heterocycles. The zero-order valence-corrected chi connectivity index (χ0v) is 14.6. The van der Waals surface area contributed by atoms with Gasteiger partial charge in [-0.25, -0.2) is 4.39 Å². The Balaban J connectivity index is 1.67. The number of pyridine rings is 1. The number of rotatable bonds is 4. The molecule has 0 spiro atoms. The molecule has 0 unspecified atom stereocenters. The van der Waals surface area contributed by atoms with E-state index in [-0.39, 0.29) is 11.9 Å². The van der Waals surface area contributed by atoms with Gasteiger partial charge in [0.25, 0.3) is 0 Å². The highest BCUT2D eigenvalue weighted by Gasteiger charge is 2.46. The first-order valence-corrected chi connectivity index (χ1v) is 8.72. The summed E-state index contributed by atoms with van der Waals surface area (Å²) < 4.78 is 25.2. The Morgan fingerprint density at radius 2 is 2.20 bits per heavy atom. The van der Waals surface area contributed by atoms with Gasteiger partial charge in [-0.05, 0) is 36.8 Å². The van der Waals surface area contributed by atoms with Crippen molar-refractivity contribution in [1.82, 2.24) is 9.88 Å². The van der Waals surface area contributed by atoms with Crippen LogP contribution in [0.3, 0.4) is 0 Å². The quantitative estimate of drug-likeness (QED) is 0.853. The lowest BCUT2D eigenvalue weighted by molar-refractivity contribution is 0.0981. The third-order valence-corrected chi connectivity index (χ3v) is 5.33. The van der Waals surface area contributed by atoms with E-state index in [2.05, 4.69) is 16.0 Å². The molecule has 2 aliphatic heterocycles. The van der Waals surface area contributed by atoms with Crippen LogP contribution in [-0.4, -0.2) is 36.8 Å². The summed E-state index contributed by atoms with van der Waals surface area (Å²) in [6, 6.07) is 9.15. The molecule has 2 aromatic rings. The van der Waals surface area contributed by atoms with Crippen LogP contribution in [0, 0.1) is 24.6 Å². The van der Waals surface area contributed by atoms with E-state index in [1.807, 2.05) is 19.2 Å². The van der Waals surface area contributed by atoms with Crippen LogP contribution in [-0.2, 0) is 11.3 Å².